The minimum Gasteiger partial charge on any atom is -0.382 e. The van der Waals surface area contributed by atoms with Crippen molar-refractivity contribution in [2.24, 2.45) is 0 Å². The summed E-state index contributed by atoms with van der Waals surface area (Å²) in [4.78, 5) is 9.20. The molecule has 1 heterocycles. The lowest BCUT2D eigenvalue weighted by molar-refractivity contribution is 0.0716. The van der Waals surface area contributed by atoms with Gasteiger partial charge in [0.25, 0.3) is 0 Å². The quantitative estimate of drug-likeness (QED) is 0.489. The first-order valence-electron chi connectivity index (χ1n) is 7.08. The van der Waals surface area contributed by atoms with E-state index in [0.29, 0.717) is 19.8 Å². The van der Waals surface area contributed by atoms with Gasteiger partial charge in [0.2, 0.25) is 0 Å². The number of rotatable bonds is 10. The molecule has 5 nitrogen and oxygen atoms in total. The first-order valence-corrected chi connectivity index (χ1v) is 8.16. The first-order chi connectivity index (χ1) is 9.72. The lowest BCUT2D eigenvalue weighted by atomic mass is 10.3. The molecule has 0 atom stereocenters. The molecular formula is C14H24IN3O2. The van der Waals surface area contributed by atoms with Gasteiger partial charge in [0.1, 0.15) is 11.6 Å². The molecule has 114 valence electrons. The summed E-state index contributed by atoms with van der Waals surface area (Å²) in [6, 6.07) is 0. The van der Waals surface area contributed by atoms with Gasteiger partial charge in [0.05, 0.1) is 29.1 Å². The first kappa shape index (κ1) is 17.6. The maximum Gasteiger partial charge on any atom is 0.143 e. The van der Waals surface area contributed by atoms with Crippen LogP contribution in [0.5, 0.6) is 0 Å². The Hall–Kier alpha value is -0.470. The third-order valence-corrected chi connectivity index (χ3v) is 3.88. The van der Waals surface area contributed by atoms with Crippen molar-refractivity contribution in [1.29, 1.82) is 0 Å². The van der Waals surface area contributed by atoms with E-state index in [-0.39, 0.29) is 0 Å². The van der Waals surface area contributed by atoms with Crippen molar-refractivity contribution >= 4 is 28.4 Å². The topological polar surface area (TPSA) is 56.3 Å². The van der Waals surface area contributed by atoms with E-state index in [1.165, 1.54) is 0 Å². The number of nitrogens with one attached hydrogen (secondary N) is 1. The van der Waals surface area contributed by atoms with Crippen LogP contribution in [0.15, 0.2) is 0 Å². The second kappa shape index (κ2) is 10.3. The highest BCUT2D eigenvalue weighted by Crippen LogP contribution is 2.20. The fourth-order valence-corrected chi connectivity index (χ4v) is 2.47. The van der Waals surface area contributed by atoms with E-state index in [2.05, 4.69) is 51.7 Å². The molecule has 0 aromatic carbocycles. The predicted octanol–water partition coefficient (Wildman–Crippen LogP) is 2.67. The highest BCUT2D eigenvalue weighted by Gasteiger charge is 2.10. The average Bonchev–Trinajstić information content (AvgIpc) is 2.47. The summed E-state index contributed by atoms with van der Waals surface area (Å²) < 4.78 is 11.5. The Morgan fingerprint density at radius 3 is 2.60 bits per heavy atom. The van der Waals surface area contributed by atoms with Gasteiger partial charge in [-0.2, -0.15) is 0 Å². The van der Waals surface area contributed by atoms with Crippen LogP contribution in [0.1, 0.15) is 31.8 Å². The van der Waals surface area contributed by atoms with Crippen LogP contribution >= 0.6 is 22.6 Å². The van der Waals surface area contributed by atoms with E-state index in [1.807, 2.05) is 0 Å². The second-order valence-electron chi connectivity index (χ2n) is 4.38. The second-order valence-corrected chi connectivity index (χ2v) is 5.46. The fourth-order valence-electron chi connectivity index (χ4n) is 1.66. The average molecular weight is 393 g/mol. The monoisotopic (exact) mass is 393 g/mol. The van der Waals surface area contributed by atoms with Gasteiger partial charge in [-0.05, 0) is 35.4 Å². The molecule has 20 heavy (non-hydrogen) atoms. The summed E-state index contributed by atoms with van der Waals surface area (Å²) in [5, 5.41) is 3.37. The zero-order chi connectivity index (χ0) is 14.8. The van der Waals surface area contributed by atoms with Crippen LogP contribution in [0.4, 0.5) is 5.82 Å². The zero-order valence-corrected chi connectivity index (χ0v) is 14.7. The van der Waals surface area contributed by atoms with Crippen LogP contribution in [0, 0.1) is 3.57 Å². The Labute approximate surface area is 135 Å². The molecule has 0 aliphatic carbocycles. The lowest BCUT2D eigenvalue weighted by Gasteiger charge is -2.12. The predicted molar refractivity (Wildman–Crippen MR) is 89.3 cm³/mol. The Morgan fingerprint density at radius 1 is 1.15 bits per heavy atom. The van der Waals surface area contributed by atoms with Gasteiger partial charge in [-0.15, -0.1) is 0 Å². The van der Waals surface area contributed by atoms with Crippen LogP contribution < -0.4 is 5.32 Å². The Kier molecular flexibility index (Phi) is 9.04. The van der Waals surface area contributed by atoms with Gasteiger partial charge < -0.3 is 14.8 Å². The van der Waals surface area contributed by atoms with Gasteiger partial charge in [-0.1, -0.05) is 13.8 Å². The molecule has 0 radical (unpaired) electrons. The van der Waals surface area contributed by atoms with E-state index in [4.69, 9.17) is 9.47 Å². The maximum absolute atomic E-state index is 5.48. The number of hydrogen-bond acceptors (Lipinski definition) is 5. The van der Waals surface area contributed by atoms with Crippen LogP contribution in [0.25, 0.3) is 0 Å². The van der Waals surface area contributed by atoms with Crippen molar-refractivity contribution < 1.29 is 9.47 Å². The fraction of sp³-hybridized carbons (Fsp3) is 0.714. The van der Waals surface area contributed by atoms with Crippen molar-refractivity contribution in [2.45, 2.75) is 33.1 Å². The van der Waals surface area contributed by atoms with E-state index in [9.17, 15) is 0 Å². The van der Waals surface area contributed by atoms with Gasteiger partial charge in [0, 0.05) is 20.1 Å². The molecule has 0 saturated carbocycles. The van der Waals surface area contributed by atoms with Crippen molar-refractivity contribution in [2.75, 3.05) is 38.8 Å². The Balaban J connectivity index is 2.65. The van der Waals surface area contributed by atoms with E-state index in [1.54, 1.807) is 7.11 Å². The van der Waals surface area contributed by atoms with E-state index in [0.717, 1.165) is 46.7 Å². The molecule has 6 heteroatoms. The maximum atomic E-state index is 5.48. The SMILES string of the molecule is CCCNc1nc(CCOCCOC)nc(CC)c1I. The van der Waals surface area contributed by atoms with Crippen molar-refractivity contribution in [1.82, 2.24) is 9.97 Å². The number of aryl methyl sites for hydroxylation is 1. The summed E-state index contributed by atoms with van der Waals surface area (Å²) in [6.07, 6.45) is 2.73. The lowest BCUT2D eigenvalue weighted by Crippen LogP contribution is -2.12. The number of ether oxygens (including phenoxy) is 2. The van der Waals surface area contributed by atoms with Crippen molar-refractivity contribution in [3.8, 4) is 0 Å². The highest BCUT2D eigenvalue weighted by atomic mass is 127. The van der Waals surface area contributed by atoms with Gasteiger partial charge in [-0.25, -0.2) is 9.97 Å². The summed E-state index contributed by atoms with van der Waals surface area (Å²) in [5.74, 6) is 1.80. The summed E-state index contributed by atoms with van der Waals surface area (Å²) >= 11 is 2.32. The van der Waals surface area contributed by atoms with Crippen molar-refractivity contribution in [3.63, 3.8) is 0 Å². The summed E-state index contributed by atoms with van der Waals surface area (Å²) in [6.45, 7) is 7.05. The molecule has 1 rings (SSSR count). The minimum atomic E-state index is 0.614. The largest absolute Gasteiger partial charge is 0.382 e. The third-order valence-electron chi connectivity index (χ3n) is 2.75. The van der Waals surface area contributed by atoms with Gasteiger partial charge >= 0.3 is 0 Å². The Bertz CT molecular complexity index is 402. The number of aromatic nitrogens is 2. The van der Waals surface area contributed by atoms with Crippen molar-refractivity contribution in [3.05, 3.63) is 15.1 Å². The summed E-state index contributed by atoms with van der Waals surface area (Å²) in [5.41, 5.74) is 1.10. The normalized spacial score (nSPS) is 10.8. The number of halogens is 1. The molecule has 0 unspecified atom stereocenters. The summed E-state index contributed by atoms with van der Waals surface area (Å²) in [7, 11) is 1.67. The molecular weight excluding hydrogens is 369 g/mol. The van der Waals surface area contributed by atoms with Crippen LogP contribution in [0.2, 0.25) is 0 Å². The minimum absolute atomic E-state index is 0.614. The molecule has 0 saturated heterocycles. The zero-order valence-electron chi connectivity index (χ0n) is 12.5. The third kappa shape index (κ3) is 5.88. The molecule has 1 aromatic heterocycles. The molecule has 0 aliphatic heterocycles. The molecule has 1 N–H and O–H groups in total. The van der Waals surface area contributed by atoms with Crippen LogP contribution in [-0.4, -0.2) is 43.4 Å². The highest BCUT2D eigenvalue weighted by molar-refractivity contribution is 14.1. The molecule has 0 fully saturated rings. The van der Waals surface area contributed by atoms with Gasteiger partial charge in [-0.3, -0.25) is 0 Å². The standard InChI is InChI=1S/C14H24IN3O2/c1-4-7-16-14-13(15)11(5-2)17-12(18-14)6-8-20-10-9-19-3/h4-10H2,1-3H3,(H,16,17,18). The Morgan fingerprint density at radius 2 is 1.95 bits per heavy atom. The van der Waals surface area contributed by atoms with E-state index >= 15 is 0 Å². The molecule has 0 amide bonds. The van der Waals surface area contributed by atoms with Crippen LogP contribution in [0.3, 0.4) is 0 Å². The molecule has 0 bridgehead atoms. The molecule has 0 spiro atoms. The van der Waals surface area contributed by atoms with Crippen LogP contribution in [-0.2, 0) is 22.3 Å². The number of methoxy groups -OCH3 is 1. The smallest absolute Gasteiger partial charge is 0.143 e. The molecule has 1 aromatic rings. The van der Waals surface area contributed by atoms with Gasteiger partial charge in [0.15, 0.2) is 0 Å². The number of hydrogen-bond donors (Lipinski definition) is 1. The van der Waals surface area contributed by atoms with E-state index < -0.39 is 0 Å². The molecule has 0 aliphatic rings. The number of nitrogens with zero attached hydrogens (tertiary/aromatic N) is 2. The number of anilines is 1.